The highest BCUT2D eigenvalue weighted by Crippen LogP contribution is 2.19. The van der Waals surface area contributed by atoms with Crippen LogP contribution in [-0.2, 0) is 4.79 Å². The van der Waals surface area contributed by atoms with Gasteiger partial charge in [-0.2, -0.15) is 5.26 Å². The van der Waals surface area contributed by atoms with Crippen LogP contribution in [0.4, 0.5) is 11.4 Å². The first-order valence-electron chi connectivity index (χ1n) is 8.42. The Bertz CT molecular complexity index is 797. The zero-order chi connectivity index (χ0) is 18.2. The van der Waals surface area contributed by atoms with Crippen LogP contribution in [0.1, 0.15) is 25.0 Å². The third-order valence-corrected chi connectivity index (χ3v) is 4.11. The number of rotatable bonds is 6. The molecule has 2 rings (SSSR count). The third kappa shape index (κ3) is 4.71. The molecule has 1 N–H and O–H groups in total. The Hall–Kier alpha value is -3.06. The number of anilines is 2. The Morgan fingerprint density at radius 2 is 1.76 bits per heavy atom. The van der Waals surface area contributed by atoms with E-state index in [-0.39, 0.29) is 5.57 Å². The molecule has 128 valence electrons. The zero-order valence-corrected chi connectivity index (χ0v) is 14.9. The SMILES string of the molecule is CCN(CC)c1ccc(NC(=O)/C(C#N)=C\c2ccccc2C)cc1. The highest BCUT2D eigenvalue weighted by Gasteiger charge is 2.10. The lowest BCUT2D eigenvalue weighted by molar-refractivity contribution is -0.112. The second-order valence-electron chi connectivity index (χ2n) is 5.70. The second-order valence-corrected chi connectivity index (χ2v) is 5.70. The van der Waals surface area contributed by atoms with Crippen molar-refractivity contribution in [2.45, 2.75) is 20.8 Å². The van der Waals surface area contributed by atoms with E-state index in [4.69, 9.17) is 0 Å². The van der Waals surface area contributed by atoms with Crippen LogP contribution in [0.2, 0.25) is 0 Å². The average Bonchev–Trinajstić information content (AvgIpc) is 2.63. The third-order valence-electron chi connectivity index (χ3n) is 4.11. The molecule has 0 heterocycles. The van der Waals surface area contributed by atoms with Gasteiger partial charge in [-0.3, -0.25) is 4.79 Å². The molecule has 2 aromatic carbocycles. The molecule has 1 amide bonds. The van der Waals surface area contributed by atoms with E-state index in [1.807, 2.05) is 61.5 Å². The van der Waals surface area contributed by atoms with E-state index in [2.05, 4.69) is 24.1 Å². The number of aryl methyl sites for hydroxylation is 1. The number of nitriles is 1. The van der Waals surface area contributed by atoms with Crippen molar-refractivity contribution in [1.82, 2.24) is 0 Å². The van der Waals surface area contributed by atoms with Crippen LogP contribution in [0.5, 0.6) is 0 Å². The van der Waals surface area contributed by atoms with Gasteiger partial charge in [-0.1, -0.05) is 24.3 Å². The summed E-state index contributed by atoms with van der Waals surface area (Å²) in [5.74, 6) is -0.402. The van der Waals surface area contributed by atoms with E-state index in [0.717, 1.165) is 29.9 Å². The van der Waals surface area contributed by atoms with E-state index in [1.165, 1.54) is 0 Å². The molecule has 25 heavy (non-hydrogen) atoms. The lowest BCUT2D eigenvalue weighted by atomic mass is 10.1. The maximum atomic E-state index is 12.4. The van der Waals surface area contributed by atoms with Gasteiger partial charge in [-0.05, 0) is 62.2 Å². The molecule has 0 radical (unpaired) electrons. The van der Waals surface area contributed by atoms with Crippen molar-refractivity contribution in [1.29, 1.82) is 5.26 Å². The second kappa shape index (κ2) is 8.70. The summed E-state index contributed by atoms with van der Waals surface area (Å²) in [6.07, 6.45) is 1.62. The maximum absolute atomic E-state index is 12.4. The highest BCUT2D eigenvalue weighted by molar-refractivity contribution is 6.09. The van der Waals surface area contributed by atoms with Gasteiger partial charge in [-0.15, -0.1) is 0 Å². The first kappa shape index (κ1) is 18.3. The van der Waals surface area contributed by atoms with Crippen LogP contribution >= 0.6 is 0 Å². The van der Waals surface area contributed by atoms with E-state index in [1.54, 1.807) is 6.08 Å². The molecule has 0 saturated carbocycles. The van der Waals surface area contributed by atoms with Crippen LogP contribution in [0, 0.1) is 18.3 Å². The molecule has 4 heteroatoms. The lowest BCUT2D eigenvalue weighted by Gasteiger charge is -2.21. The number of hydrogen-bond acceptors (Lipinski definition) is 3. The minimum atomic E-state index is -0.402. The molecule has 0 saturated heterocycles. The molecule has 4 nitrogen and oxygen atoms in total. The van der Waals surface area contributed by atoms with Gasteiger partial charge in [0.05, 0.1) is 0 Å². The molecule has 0 unspecified atom stereocenters. The number of nitrogens with one attached hydrogen (secondary N) is 1. The predicted octanol–water partition coefficient (Wildman–Crippen LogP) is 4.39. The molecule has 2 aromatic rings. The van der Waals surface area contributed by atoms with Gasteiger partial charge in [0.15, 0.2) is 0 Å². The normalized spacial score (nSPS) is 10.9. The molecule has 0 atom stereocenters. The Balaban J connectivity index is 2.15. The first-order chi connectivity index (χ1) is 12.1. The van der Waals surface area contributed by atoms with Gasteiger partial charge < -0.3 is 10.2 Å². The number of amides is 1. The van der Waals surface area contributed by atoms with Crippen molar-refractivity contribution >= 4 is 23.4 Å². The monoisotopic (exact) mass is 333 g/mol. The molecule has 0 aliphatic carbocycles. The Morgan fingerprint density at radius 1 is 1.12 bits per heavy atom. The van der Waals surface area contributed by atoms with E-state index in [9.17, 15) is 10.1 Å². The predicted molar refractivity (Wildman–Crippen MR) is 103 cm³/mol. The number of carbonyl (C=O) groups is 1. The topological polar surface area (TPSA) is 56.1 Å². The molecule has 0 spiro atoms. The van der Waals surface area contributed by atoms with Crippen LogP contribution in [0.3, 0.4) is 0 Å². The largest absolute Gasteiger partial charge is 0.372 e. The van der Waals surface area contributed by atoms with E-state index in [0.29, 0.717) is 5.69 Å². The van der Waals surface area contributed by atoms with Crippen molar-refractivity contribution in [3.05, 3.63) is 65.2 Å². The van der Waals surface area contributed by atoms with Crippen molar-refractivity contribution in [2.75, 3.05) is 23.3 Å². The minimum Gasteiger partial charge on any atom is -0.372 e. The summed E-state index contributed by atoms with van der Waals surface area (Å²) in [6.45, 7) is 8.02. The summed E-state index contributed by atoms with van der Waals surface area (Å²) >= 11 is 0. The maximum Gasteiger partial charge on any atom is 0.266 e. The number of hydrogen-bond donors (Lipinski definition) is 1. The Labute approximate surface area is 149 Å². The van der Waals surface area contributed by atoms with Crippen LogP contribution in [0.15, 0.2) is 54.1 Å². The summed E-state index contributed by atoms with van der Waals surface area (Å²) in [5.41, 5.74) is 3.76. The molecule has 0 bridgehead atoms. The van der Waals surface area contributed by atoms with Crippen LogP contribution < -0.4 is 10.2 Å². The Morgan fingerprint density at radius 3 is 2.32 bits per heavy atom. The van der Waals surface area contributed by atoms with Gasteiger partial charge in [0.25, 0.3) is 5.91 Å². The summed E-state index contributed by atoms with van der Waals surface area (Å²) in [7, 11) is 0. The Kier molecular flexibility index (Phi) is 6.36. The summed E-state index contributed by atoms with van der Waals surface area (Å²) < 4.78 is 0. The quantitative estimate of drug-likeness (QED) is 0.630. The number of carbonyl (C=O) groups excluding carboxylic acids is 1. The summed E-state index contributed by atoms with van der Waals surface area (Å²) in [4.78, 5) is 14.6. The molecule has 0 aliphatic rings. The van der Waals surface area contributed by atoms with Crippen molar-refractivity contribution in [2.24, 2.45) is 0 Å². The van der Waals surface area contributed by atoms with E-state index < -0.39 is 5.91 Å². The molecular weight excluding hydrogens is 310 g/mol. The van der Waals surface area contributed by atoms with Gasteiger partial charge in [-0.25, -0.2) is 0 Å². The highest BCUT2D eigenvalue weighted by atomic mass is 16.1. The van der Waals surface area contributed by atoms with Gasteiger partial charge in [0.1, 0.15) is 11.6 Å². The van der Waals surface area contributed by atoms with Crippen molar-refractivity contribution in [3.63, 3.8) is 0 Å². The van der Waals surface area contributed by atoms with Crippen molar-refractivity contribution < 1.29 is 4.79 Å². The number of nitrogens with zero attached hydrogens (tertiary/aromatic N) is 2. The molecule has 0 aromatic heterocycles. The van der Waals surface area contributed by atoms with Gasteiger partial charge in [0.2, 0.25) is 0 Å². The molecule has 0 fully saturated rings. The minimum absolute atomic E-state index is 0.0853. The molecular formula is C21H23N3O. The fourth-order valence-corrected chi connectivity index (χ4v) is 2.60. The van der Waals surface area contributed by atoms with Crippen molar-refractivity contribution in [3.8, 4) is 6.07 Å². The standard InChI is InChI=1S/C21H23N3O/c1-4-24(5-2)20-12-10-19(11-13-20)23-21(25)18(15-22)14-17-9-7-6-8-16(17)3/h6-14H,4-5H2,1-3H3,(H,23,25)/b18-14-. The van der Waals surface area contributed by atoms with Gasteiger partial charge in [0, 0.05) is 24.5 Å². The van der Waals surface area contributed by atoms with E-state index >= 15 is 0 Å². The van der Waals surface area contributed by atoms with Crippen LogP contribution in [-0.4, -0.2) is 19.0 Å². The zero-order valence-electron chi connectivity index (χ0n) is 14.9. The fraction of sp³-hybridized carbons (Fsp3) is 0.238. The van der Waals surface area contributed by atoms with Gasteiger partial charge >= 0.3 is 0 Å². The molecule has 0 aliphatic heterocycles. The number of benzene rings is 2. The first-order valence-corrected chi connectivity index (χ1v) is 8.42. The smallest absolute Gasteiger partial charge is 0.266 e. The summed E-state index contributed by atoms with van der Waals surface area (Å²) in [5, 5.41) is 12.1. The van der Waals surface area contributed by atoms with Crippen LogP contribution in [0.25, 0.3) is 6.08 Å². The average molecular weight is 333 g/mol. The lowest BCUT2D eigenvalue weighted by Crippen LogP contribution is -2.21. The fourth-order valence-electron chi connectivity index (χ4n) is 2.60. The summed E-state index contributed by atoms with van der Waals surface area (Å²) in [6, 6.07) is 17.3.